The molecule has 182 valence electrons. The van der Waals surface area contributed by atoms with Crippen LogP contribution < -0.4 is 19.3 Å². The number of carbonyl (C=O) groups excluding carboxylic acids is 2. The molecule has 1 atom stereocenters. The first-order valence-electron chi connectivity index (χ1n) is 10.7. The molecular weight excluding hydrogens is 472 g/mol. The minimum absolute atomic E-state index is 0.135. The lowest BCUT2D eigenvalue weighted by molar-refractivity contribution is -0.132. The van der Waals surface area contributed by atoms with Crippen LogP contribution in [0.1, 0.15) is 23.1 Å². The molecule has 1 aliphatic rings. The van der Waals surface area contributed by atoms with Crippen molar-refractivity contribution in [3.8, 4) is 11.5 Å². The SMILES string of the molecule is COc1cc(/C(O)=C2\C(=O)C(=O)N(c3ccc(N(C)C)cc3)C2c2ccc(C)o2)c(OC)cc1Cl. The van der Waals surface area contributed by atoms with Crippen molar-refractivity contribution in [3.05, 3.63) is 76.2 Å². The number of aliphatic hydroxyl groups is 1. The third-order valence-corrected chi connectivity index (χ3v) is 6.14. The third kappa shape index (κ3) is 4.21. The summed E-state index contributed by atoms with van der Waals surface area (Å²) < 4.78 is 16.5. The average Bonchev–Trinajstić information content (AvgIpc) is 3.39. The molecule has 1 aliphatic heterocycles. The number of Topliss-reactive ketones (excluding diaryl/α,β-unsaturated/α-hetero) is 1. The van der Waals surface area contributed by atoms with Gasteiger partial charge in [0.1, 0.15) is 34.8 Å². The summed E-state index contributed by atoms with van der Waals surface area (Å²) in [4.78, 5) is 29.9. The van der Waals surface area contributed by atoms with E-state index < -0.39 is 23.5 Å². The van der Waals surface area contributed by atoms with Crippen LogP contribution in [0.5, 0.6) is 11.5 Å². The molecule has 1 amide bonds. The monoisotopic (exact) mass is 496 g/mol. The second-order valence-corrected chi connectivity index (χ2v) is 8.62. The predicted octanol–water partition coefficient (Wildman–Crippen LogP) is 4.95. The van der Waals surface area contributed by atoms with Crippen molar-refractivity contribution in [2.24, 2.45) is 0 Å². The fourth-order valence-electron chi connectivity index (χ4n) is 4.07. The fourth-order valence-corrected chi connectivity index (χ4v) is 4.30. The number of ether oxygens (including phenoxy) is 2. The molecule has 1 N–H and O–H groups in total. The van der Waals surface area contributed by atoms with Gasteiger partial charge in [0.2, 0.25) is 0 Å². The summed E-state index contributed by atoms with van der Waals surface area (Å²) >= 11 is 6.21. The molecule has 3 aromatic rings. The van der Waals surface area contributed by atoms with Crippen LogP contribution in [0.2, 0.25) is 5.02 Å². The highest BCUT2D eigenvalue weighted by Gasteiger charge is 2.48. The van der Waals surface area contributed by atoms with Gasteiger partial charge in [-0.05, 0) is 49.4 Å². The van der Waals surface area contributed by atoms with E-state index in [9.17, 15) is 14.7 Å². The highest BCUT2D eigenvalue weighted by atomic mass is 35.5. The molecule has 4 rings (SSSR count). The van der Waals surface area contributed by atoms with Crippen molar-refractivity contribution >= 4 is 40.4 Å². The number of anilines is 2. The standard InChI is InChI=1S/C26H25ClN2O6/c1-14-6-11-19(35-14)23-22(24(30)17-12-21(34-5)18(27)13-20(17)33-4)25(31)26(32)29(23)16-9-7-15(8-10-16)28(2)3/h6-13,23,30H,1-5H3/b24-22+. The molecular formula is C26H25ClN2O6. The lowest BCUT2D eigenvalue weighted by Gasteiger charge is -2.24. The summed E-state index contributed by atoms with van der Waals surface area (Å²) in [5.74, 6) is -0.657. The molecule has 8 nitrogen and oxygen atoms in total. The van der Waals surface area contributed by atoms with Crippen molar-refractivity contribution < 1.29 is 28.6 Å². The van der Waals surface area contributed by atoms with Gasteiger partial charge >= 0.3 is 0 Å². The molecule has 1 saturated heterocycles. The first-order chi connectivity index (χ1) is 16.7. The number of rotatable bonds is 6. The van der Waals surface area contributed by atoms with Gasteiger partial charge in [-0.1, -0.05) is 11.6 Å². The van der Waals surface area contributed by atoms with Crippen LogP contribution in [-0.4, -0.2) is 45.1 Å². The van der Waals surface area contributed by atoms with E-state index in [1.54, 1.807) is 31.2 Å². The Morgan fingerprint density at radius 3 is 2.23 bits per heavy atom. The topological polar surface area (TPSA) is 92.5 Å². The van der Waals surface area contributed by atoms with E-state index in [4.69, 9.17) is 25.5 Å². The number of aliphatic hydroxyl groups excluding tert-OH is 1. The Bertz CT molecular complexity index is 1330. The van der Waals surface area contributed by atoms with Crippen LogP contribution in [0.4, 0.5) is 11.4 Å². The van der Waals surface area contributed by atoms with E-state index in [-0.39, 0.29) is 27.7 Å². The number of furan rings is 1. The van der Waals surface area contributed by atoms with Crippen LogP contribution >= 0.6 is 11.6 Å². The molecule has 0 radical (unpaired) electrons. The molecule has 0 saturated carbocycles. The third-order valence-electron chi connectivity index (χ3n) is 5.85. The molecule has 9 heteroatoms. The first kappa shape index (κ1) is 24.2. The van der Waals surface area contributed by atoms with E-state index in [2.05, 4.69) is 0 Å². The smallest absolute Gasteiger partial charge is 0.300 e. The zero-order valence-corrected chi connectivity index (χ0v) is 20.7. The largest absolute Gasteiger partial charge is 0.507 e. The van der Waals surface area contributed by atoms with Crippen LogP contribution in [-0.2, 0) is 9.59 Å². The first-order valence-corrected chi connectivity index (χ1v) is 11.1. The Balaban J connectivity index is 1.95. The van der Waals surface area contributed by atoms with E-state index in [1.165, 1.54) is 31.3 Å². The van der Waals surface area contributed by atoms with Crippen LogP contribution in [0, 0.1) is 6.92 Å². The molecule has 1 unspecified atom stereocenters. The van der Waals surface area contributed by atoms with E-state index in [1.807, 2.05) is 31.1 Å². The van der Waals surface area contributed by atoms with Crippen molar-refractivity contribution in [2.75, 3.05) is 38.1 Å². The van der Waals surface area contributed by atoms with Crippen molar-refractivity contribution in [3.63, 3.8) is 0 Å². The summed E-state index contributed by atoms with van der Waals surface area (Å²) in [5, 5.41) is 11.7. The van der Waals surface area contributed by atoms with Gasteiger partial charge in [0.15, 0.2) is 0 Å². The Morgan fingerprint density at radius 2 is 1.69 bits per heavy atom. The number of carbonyl (C=O) groups is 2. The van der Waals surface area contributed by atoms with Gasteiger partial charge in [-0.15, -0.1) is 0 Å². The van der Waals surface area contributed by atoms with Gasteiger partial charge < -0.3 is 23.9 Å². The number of aryl methyl sites for hydroxylation is 1. The van der Waals surface area contributed by atoms with E-state index in [0.29, 0.717) is 17.2 Å². The Kier molecular flexibility index (Phi) is 6.49. The van der Waals surface area contributed by atoms with Gasteiger partial charge in [-0.3, -0.25) is 14.5 Å². The van der Waals surface area contributed by atoms with Gasteiger partial charge in [-0.25, -0.2) is 0 Å². The number of ketones is 1. The molecule has 0 aliphatic carbocycles. The highest BCUT2D eigenvalue weighted by Crippen LogP contribution is 2.45. The lowest BCUT2D eigenvalue weighted by atomic mass is 9.98. The Hall–Kier alpha value is -3.91. The number of methoxy groups -OCH3 is 2. The minimum atomic E-state index is -1.000. The van der Waals surface area contributed by atoms with Gasteiger partial charge in [-0.2, -0.15) is 0 Å². The summed E-state index contributed by atoms with van der Waals surface area (Å²) in [6.07, 6.45) is 0. The number of halogens is 1. The van der Waals surface area contributed by atoms with E-state index >= 15 is 0 Å². The van der Waals surface area contributed by atoms with Crippen LogP contribution in [0.25, 0.3) is 5.76 Å². The average molecular weight is 497 g/mol. The van der Waals surface area contributed by atoms with Crippen LogP contribution in [0.3, 0.4) is 0 Å². The number of hydrogen-bond acceptors (Lipinski definition) is 7. The molecule has 35 heavy (non-hydrogen) atoms. The van der Waals surface area contributed by atoms with E-state index in [0.717, 1.165) is 5.69 Å². The minimum Gasteiger partial charge on any atom is -0.507 e. The lowest BCUT2D eigenvalue weighted by Crippen LogP contribution is -2.29. The fraction of sp³-hybridized carbons (Fsp3) is 0.231. The second kappa shape index (κ2) is 9.38. The molecule has 1 aromatic heterocycles. The molecule has 0 bridgehead atoms. The maximum absolute atomic E-state index is 13.3. The van der Waals surface area contributed by atoms with Crippen molar-refractivity contribution in [1.82, 2.24) is 0 Å². The molecule has 2 aromatic carbocycles. The zero-order chi connectivity index (χ0) is 25.4. The molecule has 1 fully saturated rings. The van der Waals surface area contributed by atoms with Gasteiger partial charge in [0.05, 0.1) is 30.4 Å². The Labute approximate surface area is 207 Å². The normalized spacial score (nSPS) is 17.1. The molecule has 0 spiro atoms. The maximum Gasteiger partial charge on any atom is 0.300 e. The van der Waals surface area contributed by atoms with Crippen molar-refractivity contribution in [2.45, 2.75) is 13.0 Å². The number of nitrogens with zero attached hydrogens (tertiary/aromatic N) is 2. The van der Waals surface area contributed by atoms with Crippen molar-refractivity contribution in [1.29, 1.82) is 0 Å². The van der Waals surface area contributed by atoms with Crippen LogP contribution in [0.15, 0.2) is 58.5 Å². The number of amides is 1. The summed E-state index contributed by atoms with van der Waals surface area (Å²) in [5.41, 5.74) is 1.43. The zero-order valence-electron chi connectivity index (χ0n) is 20.0. The molecule has 2 heterocycles. The second-order valence-electron chi connectivity index (χ2n) is 8.22. The van der Waals surface area contributed by atoms with Gasteiger partial charge in [0, 0.05) is 31.5 Å². The maximum atomic E-state index is 13.3. The Morgan fingerprint density at radius 1 is 1.03 bits per heavy atom. The predicted molar refractivity (Wildman–Crippen MR) is 134 cm³/mol. The summed E-state index contributed by atoms with van der Waals surface area (Å²) in [6, 6.07) is 12.5. The summed E-state index contributed by atoms with van der Waals surface area (Å²) in [7, 11) is 6.65. The quantitative estimate of drug-likeness (QED) is 0.293. The van der Waals surface area contributed by atoms with Gasteiger partial charge in [0.25, 0.3) is 11.7 Å². The number of hydrogen-bond donors (Lipinski definition) is 1. The highest BCUT2D eigenvalue weighted by molar-refractivity contribution is 6.51. The summed E-state index contributed by atoms with van der Waals surface area (Å²) in [6.45, 7) is 1.76. The number of benzene rings is 2.